The third-order valence-electron chi connectivity index (χ3n) is 3.14. The fraction of sp³-hybridized carbons (Fsp3) is 0.222. The SMILES string of the molecule is CNc1ccc(C(C)=O)cc1.CNc1cccc(C(C)=O)c1. The second-order valence-corrected chi connectivity index (χ2v) is 4.77. The topological polar surface area (TPSA) is 58.2 Å². The normalized spacial score (nSPS) is 9.27. The Morgan fingerprint density at radius 2 is 1.27 bits per heavy atom. The minimum absolute atomic E-state index is 0.0992. The summed E-state index contributed by atoms with van der Waals surface area (Å²) >= 11 is 0. The van der Waals surface area contributed by atoms with Crippen molar-refractivity contribution in [3.05, 3.63) is 59.7 Å². The molecule has 0 aromatic heterocycles. The van der Waals surface area contributed by atoms with Crippen LogP contribution in [0.3, 0.4) is 0 Å². The van der Waals surface area contributed by atoms with Gasteiger partial charge >= 0.3 is 0 Å². The van der Waals surface area contributed by atoms with Crippen molar-refractivity contribution in [3.8, 4) is 0 Å². The summed E-state index contributed by atoms with van der Waals surface area (Å²) < 4.78 is 0. The molecule has 2 rings (SSSR count). The summed E-state index contributed by atoms with van der Waals surface area (Å²) in [5.74, 6) is 0.203. The Balaban J connectivity index is 0.000000220. The minimum atomic E-state index is 0.0992. The van der Waals surface area contributed by atoms with E-state index in [0.717, 1.165) is 22.5 Å². The van der Waals surface area contributed by atoms with Gasteiger partial charge in [0.15, 0.2) is 11.6 Å². The fourth-order valence-electron chi connectivity index (χ4n) is 1.77. The van der Waals surface area contributed by atoms with Crippen molar-refractivity contribution in [2.24, 2.45) is 0 Å². The molecule has 0 saturated carbocycles. The third-order valence-corrected chi connectivity index (χ3v) is 3.14. The Kier molecular flexibility index (Phi) is 6.83. The monoisotopic (exact) mass is 298 g/mol. The minimum Gasteiger partial charge on any atom is -0.388 e. The molecule has 2 N–H and O–H groups in total. The van der Waals surface area contributed by atoms with E-state index in [0.29, 0.717) is 0 Å². The maximum Gasteiger partial charge on any atom is 0.159 e. The van der Waals surface area contributed by atoms with Crippen molar-refractivity contribution in [2.75, 3.05) is 24.7 Å². The van der Waals surface area contributed by atoms with Gasteiger partial charge in [0.05, 0.1) is 0 Å². The number of carbonyl (C=O) groups excluding carboxylic acids is 2. The van der Waals surface area contributed by atoms with Crippen LogP contribution in [0.2, 0.25) is 0 Å². The van der Waals surface area contributed by atoms with Gasteiger partial charge in [0.2, 0.25) is 0 Å². The van der Waals surface area contributed by atoms with Crippen molar-refractivity contribution < 1.29 is 9.59 Å². The molecule has 0 bridgehead atoms. The number of ketones is 2. The number of rotatable bonds is 4. The summed E-state index contributed by atoms with van der Waals surface area (Å²) in [7, 11) is 3.68. The molecule has 0 unspecified atom stereocenters. The predicted molar refractivity (Wildman–Crippen MR) is 92.0 cm³/mol. The van der Waals surface area contributed by atoms with E-state index in [1.54, 1.807) is 13.8 Å². The highest BCUT2D eigenvalue weighted by molar-refractivity contribution is 5.95. The summed E-state index contributed by atoms with van der Waals surface area (Å²) in [6, 6.07) is 14.8. The molecule has 0 spiro atoms. The van der Waals surface area contributed by atoms with Gasteiger partial charge in [-0.1, -0.05) is 12.1 Å². The smallest absolute Gasteiger partial charge is 0.159 e. The maximum atomic E-state index is 10.9. The number of hydrogen-bond acceptors (Lipinski definition) is 4. The summed E-state index contributed by atoms with van der Waals surface area (Å²) in [4.78, 5) is 21.7. The Hall–Kier alpha value is -2.62. The fourth-order valence-corrected chi connectivity index (χ4v) is 1.77. The first-order valence-corrected chi connectivity index (χ1v) is 7.05. The van der Waals surface area contributed by atoms with E-state index in [1.165, 1.54) is 0 Å². The molecule has 22 heavy (non-hydrogen) atoms. The molecule has 0 heterocycles. The first kappa shape index (κ1) is 17.4. The van der Waals surface area contributed by atoms with Crippen LogP contribution in [0.1, 0.15) is 34.6 Å². The first-order valence-electron chi connectivity index (χ1n) is 7.05. The Bertz CT molecular complexity index is 634. The van der Waals surface area contributed by atoms with Crippen LogP contribution in [0.15, 0.2) is 48.5 Å². The van der Waals surface area contributed by atoms with E-state index in [9.17, 15) is 9.59 Å². The summed E-state index contributed by atoms with van der Waals surface area (Å²) in [5.41, 5.74) is 3.49. The standard InChI is InChI=1S/2C9H11NO/c1-7(11)8-3-5-9(10-2)6-4-8;1-7(11)8-4-3-5-9(6-8)10-2/h2*3-6,10H,1-2H3. The zero-order valence-electron chi connectivity index (χ0n) is 13.4. The van der Waals surface area contributed by atoms with Crippen LogP contribution in [0.4, 0.5) is 11.4 Å². The molecule has 2 aromatic carbocycles. The van der Waals surface area contributed by atoms with Crippen LogP contribution in [0.5, 0.6) is 0 Å². The molecule has 0 atom stereocenters. The molecule has 2 aromatic rings. The largest absolute Gasteiger partial charge is 0.388 e. The van der Waals surface area contributed by atoms with Crippen LogP contribution in [0.25, 0.3) is 0 Å². The van der Waals surface area contributed by atoms with Gasteiger partial charge in [-0.15, -0.1) is 0 Å². The van der Waals surface area contributed by atoms with E-state index < -0.39 is 0 Å². The highest BCUT2D eigenvalue weighted by atomic mass is 16.1. The molecule has 0 saturated heterocycles. The Labute approximate surface area is 131 Å². The summed E-state index contributed by atoms with van der Waals surface area (Å²) in [6.45, 7) is 3.13. The Morgan fingerprint density at radius 1 is 0.727 bits per heavy atom. The predicted octanol–water partition coefficient (Wildman–Crippen LogP) is 3.86. The van der Waals surface area contributed by atoms with Gasteiger partial charge in [0, 0.05) is 36.6 Å². The van der Waals surface area contributed by atoms with Gasteiger partial charge in [-0.05, 0) is 50.2 Å². The van der Waals surface area contributed by atoms with Gasteiger partial charge in [0.1, 0.15) is 0 Å². The van der Waals surface area contributed by atoms with Crippen LogP contribution in [0, 0.1) is 0 Å². The summed E-state index contributed by atoms with van der Waals surface area (Å²) in [6.07, 6.45) is 0. The molecule has 0 fully saturated rings. The average Bonchev–Trinajstić information content (AvgIpc) is 2.55. The molecular formula is C18H22N2O2. The van der Waals surface area contributed by atoms with E-state index >= 15 is 0 Å². The summed E-state index contributed by atoms with van der Waals surface area (Å²) in [5, 5.41) is 5.95. The van der Waals surface area contributed by atoms with Crippen molar-refractivity contribution in [1.29, 1.82) is 0 Å². The lowest BCUT2D eigenvalue weighted by molar-refractivity contribution is 0.100. The molecule has 0 aliphatic carbocycles. The van der Waals surface area contributed by atoms with Crippen molar-refractivity contribution in [3.63, 3.8) is 0 Å². The zero-order valence-corrected chi connectivity index (χ0v) is 13.4. The molecule has 116 valence electrons. The lowest BCUT2D eigenvalue weighted by Crippen LogP contribution is -1.94. The first-order chi connectivity index (χ1) is 10.5. The van der Waals surface area contributed by atoms with Crippen molar-refractivity contribution in [2.45, 2.75) is 13.8 Å². The van der Waals surface area contributed by atoms with Crippen molar-refractivity contribution >= 4 is 22.9 Å². The van der Waals surface area contributed by atoms with Crippen LogP contribution < -0.4 is 10.6 Å². The van der Waals surface area contributed by atoms with Gasteiger partial charge in [-0.2, -0.15) is 0 Å². The lowest BCUT2D eigenvalue weighted by Gasteiger charge is -2.00. The van der Waals surface area contributed by atoms with E-state index in [2.05, 4.69) is 10.6 Å². The highest BCUT2D eigenvalue weighted by Crippen LogP contribution is 2.09. The molecular weight excluding hydrogens is 276 g/mol. The molecule has 0 aliphatic heterocycles. The molecule has 0 aliphatic rings. The lowest BCUT2D eigenvalue weighted by atomic mass is 10.1. The number of benzene rings is 2. The van der Waals surface area contributed by atoms with E-state index in [4.69, 9.17) is 0 Å². The molecule has 4 nitrogen and oxygen atoms in total. The number of nitrogens with one attached hydrogen (secondary N) is 2. The number of hydrogen-bond donors (Lipinski definition) is 2. The number of anilines is 2. The Morgan fingerprint density at radius 3 is 1.73 bits per heavy atom. The van der Waals surface area contributed by atoms with Crippen molar-refractivity contribution in [1.82, 2.24) is 0 Å². The third kappa shape index (κ3) is 5.40. The van der Waals surface area contributed by atoms with Gasteiger partial charge in [-0.25, -0.2) is 0 Å². The molecule has 4 heteroatoms. The van der Waals surface area contributed by atoms with Gasteiger partial charge in [0.25, 0.3) is 0 Å². The van der Waals surface area contributed by atoms with Gasteiger partial charge < -0.3 is 10.6 Å². The number of carbonyl (C=O) groups is 2. The zero-order chi connectivity index (χ0) is 16.5. The van der Waals surface area contributed by atoms with Gasteiger partial charge in [-0.3, -0.25) is 9.59 Å². The number of Topliss-reactive ketones (excluding diaryl/α,β-unsaturated/α-hetero) is 2. The van der Waals surface area contributed by atoms with Crippen LogP contribution in [-0.4, -0.2) is 25.7 Å². The van der Waals surface area contributed by atoms with E-state index in [-0.39, 0.29) is 11.6 Å². The highest BCUT2D eigenvalue weighted by Gasteiger charge is 1.98. The molecule has 0 amide bonds. The van der Waals surface area contributed by atoms with Crippen LogP contribution in [-0.2, 0) is 0 Å². The maximum absolute atomic E-state index is 10.9. The van der Waals surface area contributed by atoms with E-state index in [1.807, 2.05) is 62.6 Å². The molecule has 0 radical (unpaired) electrons. The van der Waals surface area contributed by atoms with Crippen LogP contribution >= 0.6 is 0 Å². The quantitative estimate of drug-likeness (QED) is 0.841. The second kappa shape index (κ2) is 8.62. The second-order valence-electron chi connectivity index (χ2n) is 4.77. The average molecular weight is 298 g/mol.